The number of nitrogens with zero attached hydrogens (tertiary/aromatic N) is 1. The minimum Gasteiger partial charge on any atom is -0.396 e. The summed E-state index contributed by atoms with van der Waals surface area (Å²) >= 11 is 0. The predicted octanol–water partition coefficient (Wildman–Crippen LogP) is 1.39. The molecule has 0 radical (unpaired) electrons. The van der Waals surface area contributed by atoms with Gasteiger partial charge in [0.25, 0.3) is 0 Å². The number of hydrogen-bond donors (Lipinski definition) is 2. The van der Waals surface area contributed by atoms with E-state index < -0.39 is 0 Å². The maximum Gasteiger partial charge on any atom is 0.226 e. The van der Waals surface area contributed by atoms with Crippen LogP contribution >= 0.6 is 0 Å². The molecular weight excluding hydrogens is 252 g/mol. The average molecular weight is 280 g/mol. The van der Waals surface area contributed by atoms with Crippen LogP contribution in [0.5, 0.6) is 0 Å². The number of carbonyl (C=O) groups is 1. The first-order valence-corrected chi connectivity index (χ1v) is 8.17. The van der Waals surface area contributed by atoms with Crippen LogP contribution in [0.15, 0.2) is 0 Å². The fraction of sp³-hybridized carbons (Fsp3) is 0.938. The van der Waals surface area contributed by atoms with Crippen molar-refractivity contribution in [3.63, 3.8) is 0 Å². The Kier molecular flexibility index (Phi) is 3.80. The zero-order chi connectivity index (χ0) is 14.2. The summed E-state index contributed by atoms with van der Waals surface area (Å²) in [6.45, 7) is 3.10. The Morgan fingerprint density at radius 1 is 1.25 bits per heavy atom. The van der Waals surface area contributed by atoms with Gasteiger partial charge in [0.2, 0.25) is 5.91 Å². The normalized spacial score (nSPS) is 30.4. The van der Waals surface area contributed by atoms with Gasteiger partial charge in [0.1, 0.15) is 0 Å². The van der Waals surface area contributed by atoms with E-state index in [2.05, 4.69) is 5.32 Å². The Morgan fingerprint density at radius 3 is 2.50 bits per heavy atom. The molecule has 2 saturated carbocycles. The van der Waals surface area contributed by atoms with Crippen LogP contribution in [0.1, 0.15) is 44.9 Å². The lowest BCUT2D eigenvalue weighted by Crippen LogP contribution is -2.41. The van der Waals surface area contributed by atoms with Crippen LogP contribution in [-0.2, 0) is 4.79 Å². The average Bonchev–Trinajstić information content (AvgIpc) is 2.95. The molecule has 2 N–H and O–H groups in total. The van der Waals surface area contributed by atoms with Gasteiger partial charge in [-0.1, -0.05) is 12.8 Å². The molecule has 3 fully saturated rings. The zero-order valence-corrected chi connectivity index (χ0v) is 12.7. The van der Waals surface area contributed by atoms with Crippen LogP contribution in [-0.4, -0.2) is 49.2 Å². The molecule has 1 heterocycles. The second kappa shape index (κ2) is 5.30. The van der Waals surface area contributed by atoms with Crippen molar-refractivity contribution in [3.05, 3.63) is 0 Å². The molecule has 1 aliphatic heterocycles. The summed E-state index contributed by atoms with van der Waals surface area (Å²) in [7, 11) is 1.94. The second-order valence-corrected chi connectivity index (χ2v) is 7.43. The number of carbonyl (C=O) groups excluding carboxylic acids is 1. The standard InChI is InChI=1S/C16H28N2O2/c1-18(11-15(12-19)4-2-3-5-15)14(20)13-10-16(13)6-8-17-9-7-16/h13,17,19H,2-12H2,1H3. The first-order valence-electron chi connectivity index (χ1n) is 8.17. The second-order valence-electron chi connectivity index (χ2n) is 7.43. The fourth-order valence-corrected chi connectivity index (χ4v) is 4.51. The first-order chi connectivity index (χ1) is 9.61. The topological polar surface area (TPSA) is 52.6 Å². The number of hydrogen-bond acceptors (Lipinski definition) is 3. The van der Waals surface area contributed by atoms with Crippen LogP contribution in [0.25, 0.3) is 0 Å². The highest BCUT2D eigenvalue weighted by Crippen LogP contribution is 2.59. The van der Waals surface area contributed by atoms with Crippen LogP contribution in [0.3, 0.4) is 0 Å². The summed E-state index contributed by atoms with van der Waals surface area (Å²) in [5.41, 5.74) is 0.305. The monoisotopic (exact) mass is 280 g/mol. The van der Waals surface area contributed by atoms with Crippen molar-refractivity contribution < 1.29 is 9.90 Å². The van der Waals surface area contributed by atoms with Gasteiger partial charge in [-0.3, -0.25) is 4.79 Å². The van der Waals surface area contributed by atoms with Crippen molar-refractivity contribution in [2.75, 3.05) is 33.3 Å². The number of piperidine rings is 1. The van der Waals surface area contributed by atoms with Gasteiger partial charge < -0.3 is 15.3 Å². The SMILES string of the molecule is CN(CC1(CO)CCCC1)C(=O)C1CC12CCNCC2. The van der Waals surface area contributed by atoms with Gasteiger partial charge in [-0.25, -0.2) is 0 Å². The Morgan fingerprint density at radius 2 is 1.90 bits per heavy atom. The summed E-state index contributed by atoms with van der Waals surface area (Å²) in [6, 6.07) is 0. The van der Waals surface area contributed by atoms with E-state index in [0.717, 1.165) is 51.7 Å². The van der Waals surface area contributed by atoms with E-state index in [4.69, 9.17) is 0 Å². The van der Waals surface area contributed by atoms with Crippen molar-refractivity contribution in [3.8, 4) is 0 Å². The lowest BCUT2D eigenvalue weighted by atomic mass is 9.86. The molecule has 114 valence electrons. The van der Waals surface area contributed by atoms with E-state index in [1.165, 1.54) is 12.8 Å². The Hall–Kier alpha value is -0.610. The summed E-state index contributed by atoms with van der Waals surface area (Å²) in [6.07, 6.45) is 7.93. The summed E-state index contributed by atoms with van der Waals surface area (Å²) in [5, 5.41) is 13.1. The number of aliphatic hydroxyl groups excluding tert-OH is 1. The highest BCUT2D eigenvalue weighted by molar-refractivity contribution is 5.82. The molecule has 0 aromatic heterocycles. The molecular formula is C16H28N2O2. The van der Waals surface area contributed by atoms with Crippen LogP contribution < -0.4 is 5.32 Å². The minimum atomic E-state index is -0.0133. The maximum atomic E-state index is 12.6. The number of amides is 1. The number of nitrogens with one attached hydrogen (secondary N) is 1. The first kappa shape index (κ1) is 14.3. The van der Waals surface area contributed by atoms with Crippen LogP contribution in [0.4, 0.5) is 0 Å². The van der Waals surface area contributed by atoms with Crippen molar-refractivity contribution in [1.29, 1.82) is 0 Å². The van der Waals surface area contributed by atoms with Crippen molar-refractivity contribution in [1.82, 2.24) is 10.2 Å². The molecule has 1 spiro atoms. The largest absolute Gasteiger partial charge is 0.396 e. The van der Waals surface area contributed by atoms with Crippen LogP contribution in [0.2, 0.25) is 0 Å². The molecule has 1 atom stereocenters. The quantitative estimate of drug-likeness (QED) is 0.818. The van der Waals surface area contributed by atoms with Gasteiger partial charge in [0.05, 0.1) is 6.61 Å². The van der Waals surface area contributed by atoms with Gasteiger partial charge in [0, 0.05) is 24.9 Å². The third-order valence-corrected chi connectivity index (χ3v) is 6.04. The third-order valence-electron chi connectivity index (χ3n) is 6.04. The van der Waals surface area contributed by atoms with Crippen molar-refractivity contribution in [2.24, 2.45) is 16.7 Å². The summed E-state index contributed by atoms with van der Waals surface area (Å²) in [5.74, 6) is 0.582. The van der Waals surface area contributed by atoms with E-state index >= 15 is 0 Å². The van der Waals surface area contributed by atoms with E-state index in [0.29, 0.717) is 11.3 Å². The molecule has 3 aliphatic rings. The molecule has 20 heavy (non-hydrogen) atoms. The van der Waals surface area contributed by atoms with Gasteiger partial charge in [-0.05, 0) is 50.6 Å². The summed E-state index contributed by atoms with van der Waals surface area (Å²) in [4.78, 5) is 14.6. The minimum absolute atomic E-state index is 0.0133. The number of aliphatic hydroxyl groups is 1. The lowest BCUT2D eigenvalue weighted by molar-refractivity contribution is -0.134. The molecule has 1 unspecified atom stereocenters. The molecule has 0 aromatic carbocycles. The lowest BCUT2D eigenvalue weighted by Gasteiger charge is -2.32. The highest BCUT2D eigenvalue weighted by Gasteiger charge is 2.58. The van der Waals surface area contributed by atoms with E-state index in [-0.39, 0.29) is 17.9 Å². The molecule has 0 bridgehead atoms. The zero-order valence-electron chi connectivity index (χ0n) is 12.7. The Balaban J connectivity index is 1.57. The Bertz CT molecular complexity index is 371. The fourth-order valence-electron chi connectivity index (χ4n) is 4.51. The van der Waals surface area contributed by atoms with E-state index in [9.17, 15) is 9.90 Å². The Labute approximate surface area is 121 Å². The molecule has 1 amide bonds. The van der Waals surface area contributed by atoms with Crippen molar-refractivity contribution in [2.45, 2.75) is 44.9 Å². The number of rotatable bonds is 4. The predicted molar refractivity (Wildman–Crippen MR) is 78.3 cm³/mol. The molecule has 1 saturated heterocycles. The van der Waals surface area contributed by atoms with Crippen LogP contribution in [0, 0.1) is 16.7 Å². The molecule has 2 aliphatic carbocycles. The van der Waals surface area contributed by atoms with Crippen molar-refractivity contribution >= 4 is 5.91 Å². The molecule has 4 heteroatoms. The molecule has 4 nitrogen and oxygen atoms in total. The van der Waals surface area contributed by atoms with Gasteiger partial charge >= 0.3 is 0 Å². The summed E-state index contributed by atoms with van der Waals surface area (Å²) < 4.78 is 0. The third kappa shape index (κ3) is 2.48. The van der Waals surface area contributed by atoms with Gasteiger partial charge in [0.15, 0.2) is 0 Å². The molecule has 3 rings (SSSR count). The maximum absolute atomic E-state index is 12.6. The van der Waals surface area contributed by atoms with Gasteiger partial charge in [-0.2, -0.15) is 0 Å². The molecule has 0 aromatic rings. The van der Waals surface area contributed by atoms with Gasteiger partial charge in [-0.15, -0.1) is 0 Å². The van der Waals surface area contributed by atoms with E-state index in [1.807, 2.05) is 11.9 Å². The highest BCUT2D eigenvalue weighted by atomic mass is 16.3. The van der Waals surface area contributed by atoms with E-state index in [1.54, 1.807) is 0 Å². The smallest absolute Gasteiger partial charge is 0.226 e.